The van der Waals surface area contributed by atoms with Crippen molar-refractivity contribution >= 4 is 16.0 Å². The SMILES string of the molecule is Cc1ccc(OC(=O)C2CCN(S(=O)(=O)c3ccc(F)cc3)CC2)cc1C. The van der Waals surface area contributed by atoms with Crippen LogP contribution in [0.15, 0.2) is 47.4 Å². The first-order valence-corrected chi connectivity index (χ1v) is 10.3. The number of esters is 1. The minimum atomic E-state index is -3.68. The number of sulfonamides is 1. The molecule has 1 aliphatic heterocycles. The fourth-order valence-electron chi connectivity index (χ4n) is 3.06. The molecule has 3 rings (SSSR count). The van der Waals surface area contributed by atoms with Crippen LogP contribution in [0.1, 0.15) is 24.0 Å². The fourth-order valence-corrected chi connectivity index (χ4v) is 4.53. The highest BCUT2D eigenvalue weighted by Gasteiger charge is 2.33. The third-order valence-electron chi connectivity index (χ3n) is 4.94. The van der Waals surface area contributed by atoms with Gasteiger partial charge in [0, 0.05) is 13.1 Å². The molecule has 1 heterocycles. The maximum atomic E-state index is 13.0. The van der Waals surface area contributed by atoms with Gasteiger partial charge in [-0.3, -0.25) is 4.79 Å². The van der Waals surface area contributed by atoms with Gasteiger partial charge in [0.2, 0.25) is 10.0 Å². The molecule has 0 bridgehead atoms. The largest absolute Gasteiger partial charge is 0.426 e. The van der Waals surface area contributed by atoms with Crippen molar-refractivity contribution in [2.24, 2.45) is 5.92 Å². The minimum absolute atomic E-state index is 0.0556. The van der Waals surface area contributed by atoms with Crippen LogP contribution in [0, 0.1) is 25.6 Å². The van der Waals surface area contributed by atoms with Gasteiger partial charge in [0.05, 0.1) is 10.8 Å². The molecule has 0 amide bonds. The molecule has 2 aromatic carbocycles. The second-order valence-electron chi connectivity index (χ2n) is 6.80. The van der Waals surface area contributed by atoms with Crippen molar-refractivity contribution in [2.45, 2.75) is 31.6 Å². The lowest BCUT2D eigenvalue weighted by molar-refractivity contribution is -0.140. The van der Waals surface area contributed by atoms with E-state index in [-0.39, 0.29) is 29.9 Å². The van der Waals surface area contributed by atoms with E-state index in [0.717, 1.165) is 23.3 Å². The van der Waals surface area contributed by atoms with Crippen LogP contribution in [0.5, 0.6) is 5.75 Å². The number of piperidine rings is 1. The zero-order chi connectivity index (χ0) is 19.6. The van der Waals surface area contributed by atoms with E-state index < -0.39 is 15.8 Å². The normalized spacial score (nSPS) is 16.3. The van der Waals surface area contributed by atoms with E-state index in [4.69, 9.17) is 4.74 Å². The van der Waals surface area contributed by atoms with Crippen LogP contribution in [0.25, 0.3) is 0 Å². The Kier molecular flexibility index (Phi) is 5.62. The van der Waals surface area contributed by atoms with E-state index in [0.29, 0.717) is 18.6 Å². The summed E-state index contributed by atoms with van der Waals surface area (Å²) >= 11 is 0. The van der Waals surface area contributed by atoms with Gasteiger partial charge in [-0.15, -0.1) is 0 Å². The molecule has 7 heteroatoms. The first-order chi connectivity index (χ1) is 12.8. The Morgan fingerprint density at radius 3 is 2.26 bits per heavy atom. The van der Waals surface area contributed by atoms with E-state index in [1.54, 1.807) is 6.07 Å². The molecule has 144 valence electrons. The van der Waals surface area contributed by atoms with Crippen molar-refractivity contribution in [1.29, 1.82) is 0 Å². The number of nitrogens with zero attached hydrogens (tertiary/aromatic N) is 1. The molecule has 27 heavy (non-hydrogen) atoms. The van der Waals surface area contributed by atoms with Gasteiger partial charge in [0.15, 0.2) is 0 Å². The van der Waals surface area contributed by atoms with Gasteiger partial charge in [-0.25, -0.2) is 12.8 Å². The predicted molar refractivity (Wildman–Crippen MR) is 99.4 cm³/mol. The molecule has 0 atom stereocenters. The lowest BCUT2D eigenvalue weighted by Gasteiger charge is -2.30. The Hall–Kier alpha value is -2.25. The van der Waals surface area contributed by atoms with Crippen LogP contribution in [0.4, 0.5) is 4.39 Å². The van der Waals surface area contributed by atoms with Crippen molar-refractivity contribution in [2.75, 3.05) is 13.1 Å². The monoisotopic (exact) mass is 391 g/mol. The molecule has 0 radical (unpaired) electrons. The standard InChI is InChI=1S/C20H22FNO4S/c1-14-3-6-18(13-15(14)2)26-20(23)16-9-11-22(12-10-16)27(24,25)19-7-4-17(21)5-8-19/h3-8,13,16H,9-12H2,1-2H3. The molecule has 0 saturated carbocycles. The number of ether oxygens (including phenoxy) is 1. The molecule has 5 nitrogen and oxygen atoms in total. The maximum absolute atomic E-state index is 13.0. The number of hydrogen-bond donors (Lipinski definition) is 0. The molecule has 1 saturated heterocycles. The smallest absolute Gasteiger partial charge is 0.314 e. The molecule has 0 spiro atoms. The van der Waals surface area contributed by atoms with Crippen LogP contribution in [0.3, 0.4) is 0 Å². The summed E-state index contributed by atoms with van der Waals surface area (Å²) in [5, 5.41) is 0. The van der Waals surface area contributed by atoms with E-state index in [9.17, 15) is 17.6 Å². The highest BCUT2D eigenvalue weighted by Crippen LogP contribution is 2.26. The second kappa shape index (κ2) is 7.78. The summed E-state index contributed by atoms with van der Waals surface area (Å²) in [6.45, 7) is 4.39. The zero-order valence-corrected chi connectivity index (χ0v) is 16.1. The number of hydrogen-bond acceptors (Lipinski definition) is 4. The summed E-state index contributed by atoms with van der Waals surface area (Å²) in [5.74, 6) is -0.658. The van der Waals surface area contributed by atoms with E-state index >= 15 is 0 Å². The van der Waals surface area contributed by atoms with Crippen LogP contribution in [-0.4, -0.2) is 31.8 Å². The van der Waals surface area contributed by atoms with E-state index in [1.165, 1.54) is 16.4 Å². The molecular weight excluding hydrogens is 369 g/mol. The highest BCUT2D eigenvalue weighted by atomic mass is 32.2. The van der Waals surface area contributed by atoms with E-state index in [1.807, 2.05) is 26.0 Å². The summed E-state index contributed by atoms with van der Waals surface area (Å²) in [6.07, 6.45) is 0.786. The Labute approximate surface area is 158 Å². The summed E-state index contributed by atoms with van der Waals surface area (Å²) in [7, 11) is -3.68. The third-order valence-corrected chi connectivity index (χ3v) is 6.85. The topological polar surface area (TPSA) is 63.7 Å². The lowest BCUT2D eigenvalue weighted by Crippen LogP contribution is -2.41. The summed E-state index contributed by atoms with van der Waals surface area (Å²) < 4.78 is 45.1. The minimum Gasteiger partial charge on any atom is -0.426 e. The van der Waals surface area contributed by atoms with Gasteiger partial charge in [0.1, 0.15) is 11.6 Å². The first kappa shape index (κ1) is 19.5. The number of rotatable bonds is 4. The summed E-state index contributed by atoms with van der Waals surface area (Å²) in [5.41, 5.74) is 2.16. The van der Waals surface area contributed by atoms with E-state index in [2.05, 4.69) is 0 Å². The van der Waals surface area contributed by atoms with Crippen molar-refractivity contribution in [1.82, 2.24) is 4.31 Å². The average molecular weight is 391 g/mol. The van der Waals surface area contributed by atoms with Crippen molar-refractivity contribution in [3.8, 4) is 5.75 Å². The number of halogens is 1. The van der Waals surface area contributed by atoms with Crippen LogP contribution in [-0.2, 0) is 14.8 Å². The first-order valence-electron chi connectivity index (χ1n) is 8.82. The molecule has 1 fully saturated rings. The van der Waals surface area contributed by atoms with Gasteiger partial charge in [-0.2, -0.15) is 4.31 Å². The van der Waals surface area contributed by atoms with Gasteiger partial charge < -0.3 is 4.74 Å². The Morgan fingerprint density at radius 1 is 1.04 bits per heavy atom. The van der Waals surface area contributed by atoms with Gasteiger partial charge in [-0.05, 0) is 74.2 Å². The van der Waals surface area contributed by atoms with Gasteiger partial charge >= 0.3 is 5.97 Å². The molecule has 0 aliphatic carbocycles. The van der Waals surface area contributed by atoms with Gasteiger partial charge in [-0.1, -0.05) is 6.07 Å². The number of carbonyl (C=O) groups excluding carboxylic acids is 1. The summed E-state index contributed by atoms with van der Waals surface area (Å²) in [6, 6.07) is 10.2. The fraction of sp³-hybridized carbons (Fsp3) is 0.350. The molecule has 0 N–H and O–H groups in total. The Balaban J connectivity index is 1.61. The Bertz CT molecular complexity index is 933. The second-order valence-corrected chi connectivity index (χ2v) is 8.74. The van der Waals surface area contributed by atoms with Crippen molar-refractivity contribution < 1.29 is 22.3 Å². The van der Waals surface area contributed by atoms with Crippen LogP contribution >= 0.6 is 0 Å². The quantitative estimate of drug-likeness (QED) is 0.592. The Morgan fingerprint density at radius 2 is 1.67 bits per heavy atom. The molecule has 0 unspecified atom stereocenters. The predicted octanol–water partition coefficient (Wildman–Crippen LogP) is 3.45. The maximum Gasteiger partial charge on any atom is 0.314 e. The molecule has 1 aliphatic rings. The van der Waals surface area contributed by atoms with Crippen LogP contribution < -0.4 is 4.74 Å². The molecular formula is C20H22FNO4S. The third kappa shape index (κ3) is 4.36. The average Bonchev–Trinajstić information content (AvgIpc) is 2.65. The molecule has 0 aromatic heterocycles. The highest BCUT2D eigenvalue weighted by molar-refractivity contribution is 7.89. The lowest BCUT2D eigenvalue weighted by atomic mass is 9.98. The number of benzene rings is 2. The van der Waals surface area contributed by atoms with Crippen molar-refractivity contribution in [3.05, 3.63) is 59.4 Å². The molecule has 2 aromatic rings. The van der Waals surface area contributed by atoms with Crippen LogP contribution in [0.2, 0.25) is 0 Å². The van der Waals surface area contributed by atoms with Crippen molar-refractivity contribution in [3.63, 3.8) is 0 Å². The summed E-state index contributed by atoms with van der Waals surface area (Å²) in [4.78, 5) is 12.5. The number of carbonyl (C=O) groups is 1. The zero-order valence-electron chi connectivity index (χ0n) is 15.3. The van der Waals surface area contributed by atoms with Gasteiger partial charge in [0.25, 0.3) is 0 Å². The number of aryl methyl sites for hydroxylation is 2.